The molecular weight excluding hydrogens is 289 g/mol. The van der Waals surface area contributed by atoms with Gasteiger partial charge in [-0.1, -0.05) is 11.6 Å². The molecule has 1 aromatic carbocycles. The second kappa shape index (κ2) is 6.68. The summed E-state index contributed by atoms with van der Waals surface area (Å²) >= 11 is 5.80. The molecule has 1 aliphatic heterocycles. The van der Waals surface area contributed by atoms with E-state index in [2.05, 4.69) is 5.32 Å². The van der Waals surface area contributed by atoms with E-state index in [0.29, 0.717) is 24.0 Å². The first-order chi connectivity index (χ1) is 9.42. The molecule has 0 aromatic heterocycles. The van der Waals surface area contributed by atoms with Gasteiger partial charge < -0.3 is 5.32 Å². The number of hydrogen-bond acceptors (Lipinski definition) is 2. The number of benzene rings is 1. The van der Waals surface area contributed by atoms with Crippen LogP contribution in [0.5, 0.6) is 0 Å². The summed E-state index contributed by atoms with van der Waals surface area (Å²) in [4.78, 5) is 1.48. The molecule has 0 bridgehead atoms. The van der Waals surface area contributed by atoms with Crippen molar-refractivity contribution in [1.82, 2.24) is 4.90 Å². The van der Waals surface area contributed by atoms with Crippen molar-refractivity contribution in [2.75, 3.05) is 31.5 Å². The Morgan fingerprint density at radius 3 is 2.30 bits per heavy atom. The highest BCUT2D eigenvalue weighted by atomic mass is 35.5. The molecule has 1 aliphatic rings. The van der Waals surface area contributed by atoms with E-state index in [1.165, 1.54) is 4.90 Å². The SMILES string of the molecule is FC(F)(F)CN1CCC(CNc2ccc(Cl)cc2)CC1. The molecular formula is C14H18ClF3N2. The monoisotopic (exact) mass is 306 g/mol. The molecule has 0 spiro atoms. The molecule has 2 nitrogen and oxygen atoms in total. The number of nitrogens with zero attached hydrogens (tertiary/aromatic N) is 1. The lowest BCUT2D eigenvalue weighted by Crippen LogP contribution is -2.41. The fourth-order valence-corrected chi connectivity index (χ4v) is 2.56. The van der Waals surface area contributed by atoms with Crippen LogP contribution < -0.4 is 5.32 Å². The van der Waals surface area contributed by atoms with Gasteiger partial charge in [0, 0.05) is 17.3 Å². The van der Waals surface area contributed by atoms with Crippen LogP contribution in [0.25, 0.3) is 0 Å². The van der Waals surface area contributed by atoms with Gasteiger partial charge in [-0.25, -0.2) is 0 Å². The summed E-state index contributed by atoms with van der Waals surface area (Å²) in [6.07, 6.45) is -2.48. The number of halogens is 4. The quantitative estimate of drug-likeness (QED) is 0.903. The summed E-state index contributed by atoms with van der Waals surface area (Å²) in [5.74, 6) is 0.426. The summed E-state index contributed by atoms with van der Waals surface area (Å²) in [5, 5.41) is 4.00. The van der Waals surface area contributed by atoms with Crippen LogP contribution in [0.3, 0.4) is 0 Å². The smallest absolute Gasteiger partial charge is 0.385 e. The highest BCUT2D eigenvalue weighted by Gasteiger charge is 2.32. The highest BCUT2D eigenvalue weighted by molar-refractivity contribution is 6.30. The number of nitrogens with one attached hydrogen (secondary N) is 1. The van der Waals surface area contributed by atoms with Gasteiger partial charge in [0.05, 0.1) is 6.54 Å². The molecule has 6 heteroatoms. The topological polar surface area (TPSA) is 15.3 Å². The van der Waals surface area contributed by atoms with E-state index >= 15 is 0 Å². The summed E-state index contributed by atoms with van der Waals surface area (Å²) in [6.45, 7) is 1.05. The largest absolute Gasteiger partial charge is 0.401 e. The second-order valence-corrected chi connectivity index (χ2v) is 5.66. The second-order valence-electron chi connectivity index (χ2n) is 5.22. The summed E-state index contributed by atoms with van der Waals surface area (Å²) in [5.41, 5.74) is 0.993. The van der Waals surface area contributed by atoms with Crippen LogP contribution >= 0.6 is 11.6 Å². The van der Waals surface area contributed by atoms with Crippen molar-refractivity contribution in [1.29, 1.82) is 0 Å². The molecule has 0 atom stereocenters. The first-order valence-corrected chi connectivity index (χ1v) is 7.09. The van der Waals surface area contributed by atoms with E-state index in [1.807, 2.05) is 24.3 Å². The Bertz CT molecular complexity index is 411. The van der Waals surface area contributed by atoms with Gasteiger partial charge in [-0.3, -0.25) is 4.90 Å². The minimum Gasteiger partial charge on any atom is -0.385 e. The Labute approximate surface area is 121 Å². The number of anilines is 1. The number of piperidine rings is 1. The van der Waals surface area contributed by atoms with E-state index in [9.17, 15) is 13.2 Å². The van der Waals surface area contributed by atoms with Crippen LogP contribution in [0, 0.1) is 5.92 Å². The number of hydrogen-bond donors (Lipinski definition) is 1. The van der Waals surface area contributed by atoms with Crippen LogP contribution in [0.1, 0.15) is 12.8 Å². The third kappa shape index (κ3) is 5.21. The Balaban J connectivity index is 1.70. The van der Waals surface area contributed by atoms with Crippen LogP contribution in [0.15, 0.2) is 24.3 Å². The molecule has 0 amide bonds. The maximum Gasteiger partial charge on any atom is 0.401 e. The van der Waals surface area contributed by atoms with E-state index in [1.54, 1.807) is 0 Å². The van der Waals surface area contributed by atoms with Gasteiger partial charge in [-0.2, -0.15) is 13.2 Å². The van der Waals surface area contributed by atoms with Gasteiger partial charge in [0.1, 0.15) is 0 Å². The van der Waals surface area contributed by atoms with E-state index in [0.717, 1.165) is 25.1 Å². The Hall–Kier alpha value is -0.940. The minimum absolute atomic E-state index is 0.426. The average Bonchev–Trinajstić information content (AvgIpc) is 2.38. The Morgan fingerprint density at radius 2 is 1.75 bits per heavy atom. The summed E-state index contributed by atoms with van der Waals surface area (Å²) < 4.78 is 36.8. The molecule has 0 unspecified atom stereocenters. The van der Waals surface area contributed by atoms with Crippen molar-refractivity contribution in [3.63, 3.8) is 0 Å². The van der Waals surface area contributed by atoms with Crippen molar-refractivity contribution in [3.05, 3.63) is 29.3 Å². The number of rotatable bonds is 4. The highest BCUT2D eigenvalue weighted by Crippen LogP contribution is 2.23. The van der Waals surface area contributed by atoms with Crippen LogP contribution in [0.2, 0.25) is 5.02 Å². The van der Waals surface area contributed by atoms with Crippen molar-refractivity contribution in [2.24, 2.45) is 5.92 Å². The number of likely N-dealkylation sites (tertiary alicyclic amines) is 1. The van der Waals surface area contributed by atoms with Gasteiger partial charge in [0.25, 0.3) is 0 Å². The first-order valence-electron chi connectivity index (χ1n) is 6.71. The molecule has 20 heavy (non-hydrogen) atoms. The number of alkyl halides is 3. The lowest BCUT2D eigenvalue weighted by Gasteiger charge is -2.32. The zero-order valence-corrected chi connectivity index (χ0v) is 11.8. The fraction of sp³-hybridized carbons (Fsp3) is 0.571. The first kappa shape index (κ1) is 15.4. The van der Waals surface area contributed by atoms with Crippen LogP contribution in [-0.4, -0.2) is 37.3 Å². The molecule has 1 heterocycles. The molecule has 1 saturated heterocycles. The average molecular weight is 307 g/mol. The lowest BCUT2D eigenvalue weighted by atomic mass is 9.96. The third-order valence-electron chi connectivity index (χ3n) is 3.55. The van der Waals surface area contributed by atoms with Gasteiger partial charge in [0.2, 0.25) is 0 Å². The third-order valence-corrected chi connectivity index (χ3v) is 3.80. The molecule has 1 aromatic rings. The zero-order chi connectivity index (χ0) is 14.6. The normalized spacial score (nSPS) is 18.2. The summed E-state index contributed by atoms with van der Waals surface area (Å²) in [7, 11) is 0. The maximum atomic E-state index is 12.3. The minimum atomic E-state index is -4.09. The maximum absolute atomic E-state index is 12.3. The van der Waals surface area contributed by atoms with Crippen molar-refractivity contribution in [3.8, 4) is 0 Å². The molecule has 0 aliphatic carbocycles. The van der Waals surface area contributed by atoms with E-state index < -0.39 is 12.7 Å². The van der Waals surface area contributed by atoms with Gasteiger partial charge >= 0.3 is 6.18 Å². The predicted octanol–water partition coefficient (Wildman–Crippen LogP) is 4.03. The van der Waals surface area contributed by atoms with Crippen LogP contribution in [0.4, 0.5) is 18.9 Å². The Morgan fingerprint density at radius 1 is 1.15 bits per heavy atom. The van der Waals surface area contributed by atoms with Gasteiger partial charge in [0.15, 0.2) is 0 Å². The molecule has 1 N–H and O–H groups in total. The molecule has 0 saturated carbocycles. The fourth-order valence-electron chi connectivity index (χ4n) is 2.43. The van der Waals surface area contributed by atoms with Gasteiger partial charge in [-0.05, 0) is 56.1 Å². The standard InChI is InChI=1S/C14H18ClF3N2/c15-12-1-3-13(4-2-12)19-9-11-5-7-20(8-6-11)10-14(16,17)18/h1-4,11,19H,5-10H2. The molecule has 1 fully saturated rings. The molecule has 112 valence electrons. The Kier molecular flexibility index (Phi) is 5.16. The van der Waals surface area contributed by atoms with Crippen molar-refractivity contribution < 1.29 is 13.2 Å². The van der Waals surface area contributed by atoms with Gasteiger partial charge in [-0.15, -0.1) is 0 Å². The van der Waals surface area contributed by atoms with Crippen molar-refractivity contribution in [2.45, 2.75) is 19.0 Å². The molecule has 0 radical (unpaired) electrons. The van der Waals surface area contributed by atoms with Crippen LogP contribution in [-0.2, 0) is 0 Å². The lowest BCUT2D eigenvalue weighted by molar-refractivity contribution is -0.148. The van der Waals surface area contributed by atoms with Crippen molar-refractivity contribution >= 4 is 17.3 Å². The predicted molar refractivity (Wildman–Crippen MR) is 75.2 cm³/mol. The summed E-state index contributed by atoms with van der Waals surface area (Å²) in [6, 6.07) is 7.44. The van der Waals surface area contributed by atoms with E-state index in [-0.39, 0.29) is 0 Å². The zero-order valence-electron chi connectivity index (χ0n) is 11.1. The molecule has 2 rings (SSSR count). The van der Waals surface area contributed by atoms with E-state index in [4.69, 9.17) is 11.6 Å².